The van der Waals surface area contributed by atoms with Crippen molar-refractivity contribution < 1.29 is 4.79 Å². The molecule has 0 heterocycles. The number of amides is 1. The molecule has 0 spiro atoms. The molecule has 2 aromatic rings. The Kier molecular flexibility index (Phi) is 4.60. The van der Waals surface area contributed by atoms with Gasteiger partial charge in [0.1, 0.15) is 0 Å². The highest BCUT2D eigenvalue weighted by Gasteiger charge is 2.07. The first-order chi connectivity index (χ1) is 8.70. The smallest absolute Gasteiger partial charge is 0.255 e. The van der Waals surface area contributed by atoms with Gasteiger partial charge in [-0.1, -0.05) is 24.3 Å². The number of hydrogen-bond donors (Lipinski definition) is 1. The lowest BCUT2D eigenvalue weighted by atomic mass is 10.1. The molecule has 0 aliphatic carbocycles. The van der Waals surface area contributed by atoms with E-state index in [9.17, 15) is 4.79 Å². The molecule has 18 heavy (non-hydrogen) atoms. The third-order valence-corrected chi connectivity index (χ3v) is 3.74. The van der Waals surface area contributed by atoms with Crippen molar-refractivity contribution in [2.75, 3.05) is 5.32 Å². The van der Waals surface area contributed by atoms with Crippen LogP contribution in [-0.4, -0.2) is 5.91 Å². The molecular formula is C14H11ClINO. The first-order valence-corrected chi connectivity index (χ1v) is 7.03. The van der Waals surface area contributed by atoms with Crippen molar-refractivity contribution in [1.29, 1.82) is 0 Å². The Morgan fingerprint density at radius 2 is 1.78 bits per heavy atom. The van der Waals surface area contributed by atoms with Crippen LogP contribution in [0.25, 0.3) is 0 Å². The van der Waals surface area contributed by atoms with Crippen LogP contribution >= 0.6 is 34.2 Å². The molecule has 0 aromatic heterocycles. The number of alkyl halides is 1. The van der Waals surface area contributed by atoms with Crippen molar-refractivity contribution in [1.82, 2.24) is 0 Å². The molecular weight excluding hydrogens is 361 g/mol. The van der Waals surface area contributed by atoms with Crippen molar-refractivity contribution in [3.05, 3.63) is 63.2 Å². The maximum Gasteiger partial charge on any atom is 0.255 e. The van der Waals surface area contributed by atoms with Gasteiger partial charge < -0.3 is 5.32 Å². The Morgan fingerprint density at radius 1 is 1.11 bits per heavy atom. The van der Waals surface area contributed by atoms with Crippen molar-refractivity contribution in [3.63, 3.8) is 0 Å². The van der Waals surface area contributed by atoms with Gasteiger partial charge in [-0.2, -0.15) is 0 Å². The van der Waals surface area contributed by atoms with E-state index in [-0.39, 0.29) is 5.91 Å². The molecule has 0 radical (unpaired) electrons. The summed E-state index contributed by atoms with van der Waals surface area (Å²) < 4.78 is 1.01. The van der Waals surface area contributed by atoms with Crippen LogP contribution in [0.15, 0.2) is 48.5 Å². The summed E-state index contributed by atoms with van der Waals surface area (Å²) in [5, 5.41) is 2.88. The maximum atomic E-state index is 12.0. The number of rotatable bonds is 3. The Bertz CT molecular complexity index is 554. The van der Waals surface area contributed by atoms with Crippen LogP contribution in [0.1, 0.15) is 15.9 Å². The molecule has 1 N–H and O–H groups in total. The summed E-state index contributed by atoms with van der Waals surface area (Å²) in [6.45, 7) is 0. The van der Waals surface area contributed by atoms with Gasteiger partial charge in [-0.05, 0) is 52.4 Å². The summed E-state index contributed by atoms with van der Waals surface area (Å²) in [6.07, 6.45) is 0. The molecule has 2 aromatic carbocycles. The lowest BCUT2D eigenvalue weighted by Gasteiger charge is -2.07. The van der Waals surface area contributed by atoms with E-state index < -0.39 is 0 Å². The van der Waals surface area contributed by atoms with E-state index in [1.165, 1.54) is 0 Å². The van der Waals surface area contributed by atoms with Gasteiger partial charge in [-0.3, -0.25) is 4.79 Å². The van der Waals surface area contributed by atoms with Crippen LogP contribution < -0.4 is 5.32 Å². The van der Waals surface area contributed by atoms with E-state index in [1.807, 2.05) is 36.4 Å². The topological polar surface area (TPSA) is 29.1 Å². The average molecular weight is 372 g/mol. The lowest BCUT2D eigenvalue weighted by Crippen LogP contribution is -2.12. The monoisotopic (exact) mass is 371 g/mol. The van der Waals surface area contributed by atoms with Gasteiger partial charge >= 0.3 is 0 Å². The van der Waals surface area contributed by atoms with Crippen molar-refractivity contribution in [3.8, 4) is 0 Å². The number of hydrogen-bond acceptors (Lipinski definition) is 1. The third-order valence-electron chi connectivity index (χ3n) is 2.49. The first kappa shape index (κ1) is 13.4. The standard InChI is InChI=1S/C14H11ClINO/c15-9-10-5-7-11(8-6-10)14(18)17-13-4-2-1-3-12(13)16/h1-8H,9H2,(H,17,18). The van der Waals surface area contributed by atoms with Crippen molar-refractivity contribution in [2.45, 2.75) is 5.88 Å². The highest BCUT2D eigenvalue weighted by atomic mass is 127. The minimum Gasteiger partial charge on any atom is -0.321 e. The van der Waals surface area contributed by atoms with Gasteiger partial charge in [0.05, 0.1) is 5.69 Å². The third kappa shape index (κ3) is 3.23. The van der Waals surface area contributed by atoms with Crippen LogP contribution in [0.3, 0.4) is 0 Å². The summed E-state index contributed by atoms with van der Waals surface area (Å²) >= 11 is 7.90. The molecule has 0 bridgehead atoms. The minimum atomic E-state index is -0.111. The van der Waals surface area contributed by atoms with Gasteiger partial charge in [0.15, 0.2) is 0 Å². The number of nitrogens with one attached hydrogen (secondary N) is 1. The Balaban J connectivity index is 2.14. The second kappa shape index (κ2) is 6.20. The second-order valence-corrected chi connectivity index (χ2v) is 5.19. The highest BCUT2D eigenvalue weighted by molar-refractivity contribution is 14.1. The SMILES string of the molecule is O=C(Nc1ccccc1I)c1ccc(CCl)cc1. The fourth-order valence-corrected chi connectivity index (χ4v) is 2.20. The molecule has 1 amide bonds. The summed E-state index contributed by atoms with van der Waals surface area (Å²) in [4.78, 5) is 12.0. The molecule has 0 aliphatic heterocycles. The fraction of sp³-hybridized carbons (Fsp3) is 0.0714. The number of para-hydroxylation sites is 1. The molecule has 0 fully saturated rings. The molecule has 2 rings (SSSR count). The Morgan fingerprint density at radius 3 is 2.39 bits per heavy atom. The maximum absolute atomic E-state index is 12.0. The van der Waals surface area contributed by atoms with Gasteiger partial charge in [-0.25, -0.2) is 0 Å². The van der Waals surface area contributed by atoms with Crippen LogP contribution in [0.5, 0.6) is 0 Å². The van der Waals surface area contributed by atoms with E-state index in [0.29, 0.717) is 11.4 Å². The largest absolute Gasteiger partial charge is 0.321 e. The van der Waals surface area contributed by atoms with Gasteiger partial charge in [0, 0.05) is 15.0 Å². The Labute approximate surface area is 124 Å². The van der Waals surface area contributed by atoms with Crippen molar-refractivity contribution in [2.24, 2.45) is 0 Å². The summed E-state index contributed by atoms with van der Waals surface area (Å²) in [5.74, 6) is 0.346. The molecule has 0 saturated heterocycles. The fourth-order valence-electron chi connectivity index (χ4n) is 1.50. The van der Waals surface area contributed by atoms with Crippen LogP contribution in [0.2, 0.25) is 0 Å². The number of benzene rings is 2. The number of carbonyl (C=O) groups excluding carboxylic acids is 1. The minimum absolute atomic E-state index is 0.111. The second-order valence-electron chi connectivity index (χ2n) is 3.76. The van der Waals surface area contributed by atoms with Gasteiger partial charge in [-0.15, -0.1) is 11.6 Å². The molecule has 0 unspecified atom stereocenters. The predicted octanol–water partition coefficient (Wildman–Crippen LogP) is 4.28. The molecule has 0 saturated carbocycles. The van der Waals surface area contributed by atoms with E-state index in [4.69, 9.17) is 11.6 Å². The zero-order valence-electron chi connectivity index (χ0n) is 9.49. The van der Waals surface area contributed by atoms with Gasteiger partial charge in [0.2, 0.25) is 0 Å². The van der Waals surface area contributed by atoms with Crippen LogP contribution in [-0.2, 0) is 5.88 Å². The zero-order chi connectivity index (χ0) is 13.0. The lowest BCUT2D eigenvalue weighted by molar-refractivity contribution is 0.102. The highest BCUT2D eigenvalue weighted by Crippen LogP contribution is 2.18. The summed E-state index contributed by atoms with van der Waals surface area (Å²) in [6, 6.07) is 14.9. The van der Waals surface area contributed by atoms with E-state index in [2.05, 4.69) is 27.9 Å². The van der Waals surface area contributed by atoms with E-state index >= 15 is 0 Å². The number of halogens is 2. The zero-order valence-corrected chi connectivity index (χ0v) is 12.4. The van der Waals surface area contributed by atoms with E-state index in [1.54, 1.807) is 12.1 Å². The summed E-state index contributed by atoms with van der Waals surface area (Å²) in [5.41, 5.74) is 2.45. The molecule has 2 nitrogen and oxygen atoms in total. The first-order valence-electron chi connectivity index (χ1n) is 5.41. The molecule has 92 valence electrons. The molecule has 0 aliphatic rings. The van der Waals surface area contributed by atoms with E-state index in [0.717, 1.165) is 14.8 Å². The summed E-state index contributed by atoms with van der Waals surface area (Å²) in [7, 11) is 0. The van der Waals surface area contributed by atoms with Gasteiger partial charge in [0.25, 0.3) is 5.91 Å². The average Bonchev–Trinajstić information content (AvgIpc) is 2.41. The molecule has 4 heteroatoms. The number of carbonyl (C=O) groups is 1. The number of anilines is 1. The van der Waals surface area contributed by atoms with Crippen molar-refractivity contribution >= 4 is 45.8 Å². The normalized spacial score (nSPS) is 10.1. The van der Waals surface area contributed by atoms with Crippen LogP contribution in [0.4, 0.5) is 5.69 Å². The quantitative estimate of drug-likeness (QED) is 0.633. The van der Waals surface area contributed by atoms with Crippen LogP contribution in [0, 0.1) is 3.57 Å². The Hall–Kier alpha value is -1.07. The predicted molar refractivity (Wildman–Crippen MR) is 83.1 cm³/mol. The molecule has 0 atom stereocenters.